The number of ketones is 2. The fourth-order valence-electron chi connectivity index (χ4n) is 8.51. The number of carbonyl (C=O) groups is 2. The maximum atomic E-state index is 17.4. The molecule has 0 aromatic rings. The van der Waals surface area contributed by atoms with Crippen molar-refractivity contribution in [1.82, 2.24) is 0 Å². The first-order valence-electron chi connectivity index (χ1n) is 13.1. The second kappa shape index (κ2) is 8.61. The van der Waals surface area contributed by atoms with Crippen LogP contribution in [0.4, 0.5) is 8.78 Å². The van der Waals surface area contributed by atoms with Crippen molar-refractivity contribution in [2.45, 2.75) is 102 Å². The summed E-state index contributed by atoms with van der Waals surface area (Å²) in [5.74, 6) is -2.45. The van der Waals surface area contributed by atoms with Gasteiger partial charge in [0.15, 0.2) is 23.5 Å². The molecule has 0 bridgehead atoms. The van der Waals surface area contributed by atoms with E-state index in [0.717, 1.165) is 6.26 Å². The minimum atomic E-state index is -3.94. The highest BCUT2D eigenvalue weighted by Gasteiger charge is 2.80. The summed E-state index contributed by atoms with van der Waals surface area (Å²) in [6.45, 7) is 4.48. The number of halogens is 2. The summed E-state index contributed by atoms with van der Waals surface area (Å²) in [7, 11) is -3.94. The van der Waals surface area contributed by atoms with E-state index >= 15 is 8.78 Å². The first-order chi connectivity index (χ1) is 17.1. The number of fused-ring (bicyclic) bond motifs is 7. The predicted molar refractivity (Wildman–Crippen MR) is 127 cm³/mol. The Morgan fingerprint density at radius 1 is 1.27 bits per heavy atom. The van der Waals surface area contributed by atoms with Crippen LogP contribution in [0.1, 0.15) is 65.7 Å². The zero-order valence-electron chi connectivity index (χ0n) is 21.7. The van der Waals surface area contributed by atoms with E-state index < -0.39 is 81.1 Å². The number of aliphatic hydroxyl groups is 1. The highest BCUT2D eigenvalue weighted by Crippen LogP contribution is 2.72. The van der Waals surface area contributed by atoms with E-state index in [2.05, 4.69) is 0 Å². The third-order valence-electron chi connectivity index (χ3n) is 10.2. The number of hydrogen-bond acceptors (Lipinski definition) is 8. The quantitative estimate of drug-likeness (QED) is 0.506. The Labute approximate surface area is 216 Å². The van der Waals surface area contributed by atoms with Gasteiger partial charge in [0.1, 0.15) is 18.4 Å². The highest BCUT2D eigenvalue weighted by atomic mass is 32.2. The molecule has 4 fully saturated rings. The molecular formula is C26H36F2O8S. The average Bonchev–Trinajstić information content (AvgIpc) is 3.28. The fraction of sp³-hybridized carbons (Fsp3) is 0.846. The molecule has 1 N–H and O–H groups in total. The van der Waals surface area contributed by atoms with Gasteiger partial charge in [-0.1, -0.05) is 27.2 Å². The van der Waals surface area contributed by atoms with Crippen LogP contribution in [-0.2, 0) is 33.4 Å². The molecule has 4 aliphatic carbocycles. The molecule has 5 aliphatic rings. The Kier molecular flexibility index (Phi) is 6.36. The molecule has 1 heterocycles. The van der Waals surface area contributed by atoms with Crippen LogP contribution in [0, 0.1) is 22.7 Å². The summed E-state index contributed by atoms with van der Waals surface area (Å²) < 4.78 is 73.7. The van der Waals surface area contributed by atoms with Crippen molar-refractivity contribution < 1.29 is 45.6 Å². The second-order valence-electron chi connectivity index (χ2n) is 12.0. The number of allylic oxidation sites excluding steroid dienone is 1. The van der Waals surface area contributed by atoms with Gasteiger partial charge in [0.25, 0.3) is 10.1 Å². The molecular weight excluding hydrogens is 510 g/mol. The van der Waals surface area contributed by atoms with Gasteiger partial charge >= 0.3 is 0 Å². The van der Waals surface area contributed by atoms with Gasteiger partial charge in [-0.05, 0) is 49.7 Å². The van der Waals surface area contributed by atoms with Gasteiger partial charge in [0, 0.05) is 23.2 Å². The molecule has 208 valence electrons. The molecule has 1 aliphatic heterocycles. The SMILES string of the molecule is CCC[C@@H]1O[C@@H]2C[C@H]3[C@@H]4C[C@H](F)C5=CC(=O)CC[C@]5(C)[C@@]4(F)[C@@H](O)C[C@]3(C)[C@]2(C(=O)COS(C)(=O)=O)O1. The smallest absolute Gasteiger partial charge is 0.264 e. The molecule has 3 saturated carbocycles. The number of hydrogen-bond donors (Lipinski definition) is 1. The Morgan fingerprint density at radius 2 is 1.97 bits per heavy atom. The van der Waals surface area contributed by atoms with Gasteiger partial charge in [-0.15, -0.1) is 0 Å². The van der Waals surface area contributed by atoms with E-state index in [1.807, 2.05) is 6.92 Å². The molecule has 0 aromatic heterocycles. The van der Waals surface area contributed by atoms with Gasteiger partial charge in [-0.25, -0.2) is 8.78 Å². The zero-order chi connectivity index (χ0) is 27.2. The van der Waals surface area contributed by atoms with Crippen LogP contribution >= 0.6 is 0 Å². The van der Waals surface area contributed by atoms with Gasteiger partial charge in [-0.2, -0.15) is 8.42 Å². The van der Waals surface area contributed by atoms with E-state index in [1.54, 1.807) is 13.8 Å². The Bertz CT molecular complexity index is 1140. The van der Waals surface area contributed by atoms with Gasteiger partial charge in [0.05, 0.1) is 18.5 Å². The van der Waals surface area contributed by atoms with Crippen LogP contribution in [0.2, 0.25) is 0 Å². The number of Topliss-reactive ketones (excluding diaryl/α,β-unsaturated/α-hetero) is 1. The van der Waals surface area contributed by atoms with Gasteiger partial charge in [0.2, 0.25) is 0 Å². The van der Waals surface area contributed by atoms with Crippen molar-refractivity contribution in [2.75, 3.05) is 12.9 Å². The summed E-state index contributed by atoms with van der Waals surface area (Å²) in [5, 5.41) is 11.5. The molecule has 0 spiro atoms. The van der Waals surface area contributed by atoms with Gasteiger partial charge < -0.3 is 14.6 Å². The lowest BCUT2D eigenvalue weighted by atomic mass is 9.43. The van der Waals surface area contributed by atoms with Crippen LogP contribution < -0.4 is 0 Å². The topological polar surface area (TPSA) is 116 Å². The Balaban J connectivity index is 1.59. The fourth-order valence-corrected chi connectivity index (χ4v) is 8.83. The van der Waals surface area contributed by atoms with Crippen LogP contribution in [-0.4, -0.2) is 73.9 Å². The van der Waals surface area contributed by atoms with Crippen molar-refractivity contribution >= 4 is 21.7 Å². The molecule has 37 heavy (non-hydrogen) atoms. The minimum absolute atomic E-state index is 0.0680. The van der Waals surface area contributed by atoms with E-state index in [4.69, 9.17) is 13.7 Å². The zero-order valence-corrected chi connectivity index (χ0v) is 22.5. The Morgan fingerprint density at radius 3 is 2.62 bits per heavy atom. The largest absolute Gasteiger partial charge is 0.390 e. The van der Waals surface area contributed by atoms with Crippen LogP contribution in [0.5, 0.6) is 0 Å². The molecule has 0 aromatic carbocycles. The normalized spacial score (nSPS) is 49.1. The lowest BCUT2D eigenvalue weighted by Gasteiger charge is -2.64. The molecule has 1 saturated heterocycles. The summed E-state index contributed by atoms with van der Waals surface area (Å²) in [5.41, 5.74) is -6.33. The second-order valence-corrected chi connectivity index (χ2v) is 13.7. The minimum Gasteiger partial charge on any atom is -0.390 e. The third-order valence-corrected chi connectivity index (χ3v) is 10.7. The maximum Gasteiger partial charge on any atom is 0.264 e. The van der Waals surface area contributed by atoms with E-state index in [1.165, 1.54) is 6.08 Å². The lowest BCUT2D eigenvalue weighted by Crippen LogP contribution is -2.71. The average molecular weight is 547 g/mol. The molecule has 8 nitrogen and oxygen atoms in total. The lowest BCUT2D eigenvalue weighted by molar-refractivity contribution is -0.242. The summed E-state index contributed by atoms with van der Waals surface area (Å²) in [6, 6.07) is 0. The van der Waals surface area contributed by atoms with E-state index in [-0.39, 0.29) is 43.5 Å². The number of rotatable bonds is 6. The number of carbonyl (C=O) groups excluding carboxylic acids is 2. The van der Waals surface area contributed by atoms with Crippen molar-refractivity contribution in [1.29, 1.82) is 0 Å². The predicted octanol–water partition coefficient (Wildman–Crippen LogP) is 2.96. The third kappa shape index (κ3) is 3.59. The first-order valence-corrected chi connectivity index (χ1v) is 14.9. The standard InChI is InChI=1S/C26H36F2O8S/c1-5-6-22-35-21-11-15-16-10-18(27)17-9-14(29)7-8-23(17,2)25(16,28)19(30)12-24(15,3)26(21,36-22)20(31)13-34-37(4,32)33/h9,15-16,18-19,21-22,30H,5-8,10-13H2,1-4H3/t15-,16-,18-,19-,21+,22+,23-,24-,25-,26+/m0/s1. The van der Waals surface area contributed by atoms with Crippen molar-refractivity contribution in [3.63, 3.8) is 0 Å². The monoisotopic (exact) mass is 546 g/mol. The summed E-state index contributed by atoms with van der Waals surface area (Å²) in [4.78, 5) is 25.9. The molecule has 11 heteroatoms. The molecule has 0 unspecified atom stereocenters. The number of aliphatic hydroxyl groups excluding tert-OH is 1. The van der Waals surface area contributed by atoms with Gasteiger partial charge in [-0.3, -0.25) is 13.8 Å². The number of ether oxygens (including phenoxy) is 2. The van der Waals surface area contributed by atoms with Crippen molar-refractivity contribution in [2.24, 2.45) is 22.7 Å². The molecule has 10 atom stereocenters. The molecule has 0 radical (unpaired) electrons. The van der Waals surface area contributed by atoms with E-state index in [9.17, 15) is 23.1 Å². The molecule has 5 rings (SSSR count). The summed E-state index contributed by atoms with van der Waals surface area (Å²) in [6.07, 6.45) is -1.47. The maximum absolute atomic E-state index is 17.4. The first kappa shape index (κ1) is 27.3. The highest BCUT2D eigenvalue weighted by molar-refractivity contribution is 7.86. The van der Waals surface area contributed by atoms with Crippen molar-refractivity contribution in [3.05, 3.63) is 11.6 Å². The van der Waals surface area contributed by atoms with Crippen LogP contribution in [0.25, 0.3) is 0 Å². The Hall–Kier alpha value is -1.27. The molecule has 0 amide bonds. The van der Waals surface area contributed by atoms with E-state index in [0.29, 0.717) is 12.8 Å². The van der Waals surface area contributed by atoms with Crippen LogP contribution in [0.3, 0.4) is 0 Å². The van der Waals surface area contributed by atoms with Crippen LogP contribution in [0.15, 0.2) is 11.6 Å². The van der Waals surface area contributed by atoms with Crippen molar-refractivity contribution in [3.8, 4) is 0 Å². The summed E-state index contributed by atoms with van der Waals surface area (Å²) >= 11 is 0. The number of alkyl halides is 2.